The average molecular weight is 420 g/mol. The molecule has 0 spiro atoms. The zero-order chi connectivity index (χ0) is 20.8. The zero-order valence-electron chi connectivity index (χ0n) is 17.4. The van der Waals surface area contributed by atoms with Crippen LogP contribution >= 0.6 is 23.6 Å². The van der Waals surface area contributed by atoms with Crippen LogP contribution in [0.5, 0.6) is 0 Å². The molecule has 0 saturated heterocycles. The molecule has 0 aliphatic rings. The lowest BCUT2D eigenvalue weighted by atomic mass is 9.97. The number of nitrogens with zero attached hydrogens (tertiary/aromatic N) is 1. The predicted octanol–water partition coefficient (Wildman–Crippen LogP) is 5.97. The third-order valence-electron chi connectivity index (χ3n) is 5.28. The Balaban J connectivity index is 1.86. The molecule has 0 unspecified atom stereocenters. The number of hydrogen-bond donors (Lipinski definition) is 0. The quantitative estimate of drug-likeness (QED) is 0.322. The van der Waals surface area contributed by atoms with Crippen LogP contribution in [0, 0.1) is 10.9 Å². The molecule has 0 radical (unpaired) electrons. The molecule has 0 bridgehead atoms. The van der Waals surface area contributed by atoms with Crippen molar-refractivity contribution in [3.63, 3.8) is 0 Å². The molecule has 1 heterocycles. The van der Waals surface area contributed by atoms with Crippen molar-refractivity contribution in [1.29, 1.82) is 0 Å². The van der Waals surface area contributed by atoms with E-state index in [4.69, 9.17) is 12.2 Å². The first-order valence-electron chi connectivity index (χ1n) is 10.1. The van der Waals surface area contributed by atoms with Crippen LogP contribution in [-0.2, 0) is 19.4 Å². The largest absolute Gasteiger partial charge is 0.323 e. The second kappa shape index (κ2) is 10.00. The summed E-state index contributed by atoms with van der Waals surface area (Å²) in [5, 5.41) is 1.02. The molecule has 150 valence electrons. The van der Waals surface area contributed by atoms with Gasteiger partial charge in [0.25, 0.3) is 0 Å². The molecule has 0 fully saturated rings. The van der Waals surface area contributed by atoms with Crippen LogP contribution in [0.15, 0.2) is 60.7 Å². The van der Waals surface area contributed by atoms with E-state index >= 15 is 0 Å². The molecule has 0 amide bonds. The van der Waals surface area contributed by atoms with Gasteiger partial charge in [-0.3, -0.25) is 0 Å². The third-order valence-corrected chi connectivity index (χ3v) is 6.72. The number of hydrogen-bond acceptors (Lipinski definition) is 2. The molecule has 0 saturated carbocycles. The number of aryl methyl sites for hydroxylation is 3. The SMILES string of the molecule is C=C(C)CCCn1c(=S)s/c(=C\c2ccccc2CCc2ccccc2C)c1=C. The fraction of sp³-hybridized carbons (Fsp3) is 0.269. The van der Waals surface area contributed by atoms with Crippen molar-refractivity contribution in [2.24, 2.45) is 0 Å². The van der Waals surface area contributed by atoms with Crippen LogP contribution in [0.2, 0.25) is 0 Å². The number of benzene rings is 2. The molecule has 0 atom stereocenters. The Morgan fingerprint density at radius 1 is 1.07 bits per heavy atom. The summed E-state index contributed by atoms with van der Waals surface area (Å²) in [5.74, 6) is 0. The Labute approximate surface area is 183 Å². The number of thiazole rings is 1. The Morgan fingerprint density at radius 3 is 2.45 bits per heavy atom. The molecule has 1 nitrogen and oxygen atoms in total. The molecule has 1 aromatic heterocycles. The summed E-state index contributed by atoms with van der Waals surface area (Å²) in [6.07, 6.45) is 6.40. The van der Waals surface area contributed by atoms with Crippen molar-refractivity contribution < 1.29 is 0 Å². The molecular formula is C26H29NS2. The Kier molecular flexibility index (Phi) is 7.40. The molecule has 2 aromatic carbocycles. The van der Waals surface area contributed by atoms with Crippen LogP contribution in [-0.4, -0.2) is 4.57 Å². The first-order valence-corrected chi connectivity index (χ1v) is 11.4. The minimum atomic E-state index is 0.903. The fourth-order valence-electron chi connectivity index (χ4n) is 3.53. The Bertz CT molecular complexity index is 1160. The van der Waals surface area contributed by atoms with Gasteiger partial charge in [-0.1, -0.05) is 60.7 Å². The van der Waals surface area contributed by atoms with Gasteiger partial charge in [0, 0.05) is 6.54 Å². The smallest absolute Gasteiger partial charge is 0.162 e. The lowest BCUT2D eigenvalue weighted by Gasteiger charge is -2.08. The molecule has 3 heteroatoms. The standard InChI is InChI=1S/C26H29NS2/c1-19(2)10-9-17-27-21(4)25(29-26(27)28)18-24-14-8-7-13-23(24)16-15-22-12-6-5-11-20(22)3/h5-8,11-14,18H,1,4,9-10,15-17H2,2-3H3/b25-18-. The minimum Gasteiger partial charge on any atom is -0.323 e. The highest BCUT2D eigenvalue weighted by molar-refractivity contribution is 7.73. The van der Waals surface area contributed by atoms with Gasteiger partial charge in [-0.25, -0.2) is 0 Å². The second-order valence-corrected chi connectivity index (χ2v) is 9.34. The maximum atomic E-state index is 5.62. The van der Waals surface area contributed by atoms with Gasteiger partial charge in [0.05, 0.1) is 9.88 Å². The fourth-order valence-corrected chi connectivity index (χ4v) is 4.92. The van der Waals surface area contributed by atoms with E-state index in [0.717, 1.165) is 46.1 Å². The summed E-state index contributed by atoms with van der Waals surface area (Å²) in [4.78, 5) is 0. The van der Waals surface area contributed by atoms with Gasteiger partial charge in [0.2, 0.25) is 0 Å². The highest BCUT2D eigenvalue weighted by Gasteiger charge is 2.05. The number of allylic oxidation sites excluding steroid dienone is 1. The summed E-state index contributed by atoms with van der Waals surface area (Å²) in [6, 6.07) is 17.3. The van der Waals surface area contributed by atoms with Crippen molar-refractivity contribution in [1.82, 2.24) is 4.57 Å². The first kappa shape index (κ1) is 21.5. The Hall–Kier alpha value is -2.23. The Morgan fingerprint density at radius 2 is 1.72 bits per heavy atom. The molecule has 3 aromatic rings. The maximum absolute atomic E-state index is 5.62. The van der Waals surface area contributed by atoms with Gasteiger partial charge in [0.1, 0.15) is 0 Å². The molecule has 3 rings (SSSR count). The summed E-state index contributed by atoms with van der Waals surface area (Å²) in [6.45, 7) is 13.5. The molecule has 0 N–H and O–H groups in total. The van der Waals surface area contributed by atoms with Crippen LogP contribution in [0.25, 0.3) is 12.7 Å². The summed E-state index contributed by atoms with van der Waals surface area (Å²) in [5.41, 5.74) is 6.62. The van der Waals surface area contributed by atoms with E-state index in [-0.39, 0.29) is 0 Å². The predicted molar refractivity (Wildman–Crippen MR) is 131 cm³/mol. The van der Waals surface area contributed by atoms with E-state index in [2.05, 4.69) is 86.2 Å². The zero-order valence-corrected chi connectivity index (χ0v) is 19.0. The minimum absolute atomic E-state index is 0.903. The molecule has 0 aliphatic heterocycles. The van der Waals surface area contributed by atoms with E-state index < -0.39 is 0 Å². The monoisotopic (exact) mass is 419 g/mol. The molecular weight excluding hydrogens is 390 g/mol. The topological polar surface area (TPSA) is 4.93 Å². The van der Waals surface area contributed by atoms with Gasteiger partial charge in [-0.2, -0.15) is 0 Å². The van der Waals surface area contributed by atoms with E-state index in [0.29, 0.717) is 0 Å². The highest BCUT2D eigenvalue weighted by Crippen LogP contribution is 2.15. The molecule has 29 heavy (non-hydrogen) atoms. The summed E-state index contributed by atoms with van der Waals surface area (Å²) >= 11 is 7.27. The van der Waals surface area contributed by atoms with E-state index in [1.807, 2.05) is 0 Å². The molecule has 0 aliphatic carbocycles. The van der Waals surface area contributed by atoms with E-state index in [1.54, 1.807) is 11.3 Å². The van der Waals surface area contributed by atoms with Gasteiger partial charge < -0.3 is 4.57 Å². The maximum Gasteiger partial charge on any atom is 0.162 e. The van der Waals surface area contributed by atoms with Crippen LogP contribution in [0.1, 0.15) is 42.0 Å². The first-order chi connectivity index (χ1) is 14.0. The van der Waals surface area contributed by atoms with Crippen LogP contribution < -0.4 is 9.88 Å². The van der Waals surface area contributed by atoms with Crippen molar-refractivity contribution in [2.45, 2.75) is 46.1 Å². The van der Waals surface area contributed by atoms with Gasteiger partial charge in [0.15, 0.2) is 3.95 Å². The van der Waals surface area contributed by atoms with Crippen molar-refractivity contribution in [3.8, 4) is 0 Å². The summed E-state index contributed by atoms with van der Waals surface area (Å²) < 4.78 is 4.24. The average Bonchev–Trinajstić information content (AvgIpc) is 2.95. The lowest BCUT2D eigenvalue weighted by Crippen LogP contribution is -2.27. The van der Waals surface area contributed by atoms with E-state index in [9.17, 15) is 0 Å². The van der Waals surface area contributed by atoms with Crippen molar-refractivity contribution >= 4 is 36.2 Å². The van der Waals surface area contributed by atoms with Gasteiger partial charge in [-0.05, 0) is 80.1 Å². The van der Waals surface area contributed by atoms with E-state index in [1.165, 1.54) is 27.8 Å². The number of rotatable bonds is 8. The van der Waals surface area contributed by atoms with Crippen LogP contribution in [0.4, 0.5) is 0 Å². The highest BCUT2D eigenvalue weighted by atomic mass is 32.1. The van der Waals surface area contributed by atoms with Crippen molar-refractivity contribution in [2.75, 3.05) is 0 Å². The van der Waals surface area contributed by atoms with Gasteiger partial charge >= 0.3 is 0 Å². The third kappa shape index (κ3) is 5.65. The lowest BCUT2D eigenvalue weighted by molar-refractivity contribution is 0.627. The normalized spacial score (nSPS) is 11.7. The van der Waals surface area contributed by atoms with Crippen molar-refractivity contribution in [3.05, 3.63) is 96.8 Å². The van der Waals surface area contributed by atoms with Gasteiger partial charge in [-0.15, -0.1) is 17.9 Å². The summed E-state index contributed by atoms with van der Waals surface area (Å²) in [7, 11) is 0. The second-order valence-electron chi connectivity index (χ2n) is 7.66. The van der Waals surface area contributed by atoms with Crippen LogP contribution in [0.3, 0.4) is 0 Å². The number of aromatic nitrogens is 1.